The van der Waals surface area contributed by atoms with Crippen LogP contribution in [0.1, 0.15) is 11.4 Å². The summed E-state index contributed by atoms with van der Waals surface area (Å²) in [6.45, 7) is 1.96. The van der Waals surface area contributed by atoms with Gasteiger partial charge in [0, 0.05) is 17.5 Å². The molecule has 6 heteroatoms. The number of nitrogens with zero attached hydrogens (tertiary/aromatic N) is 3. The number of aryl methyl sites for hydroxylation is 1. The van der Waals surface area contributed by atoms with E-state index in [9.17, 15) is 0 Å². The van der Waals surface area contributed by atoms with Gasteiger partial charge in [0.2, 0.25) is 0 Å². The molecule has 0 unspecified atom stereocenters. The number of pyridine rings is 1. The zero-order valence-corrected chi connectivity index (χ0v) is 10.8. The lowest BCUT2D eigenvalue weighted by molar-refractivity contribution is 0.973. The second kappa shape index (κ2) is 5.33. The molecule has 0 fully saturated rings. The highest BCUT2D eigenvalue weighted by Gasteiger charge is 2.03. The molecule has 0 aliphatic carbocycles. The van der Waals surface area contributed by atoms with Crippen LogP contribution in [0.4, 0.5) is 5.82 Å². The van der Waals surface area contributed by atoms with Crippen LogP contribution in [0.15, 0.2) is 29.4 Å². The van der Waals surface area contributed by atoms with E-state index in [0.717, 1.165) is 11.4 Å². The monoisotopic (exact) mass is 266 g/mol. The van der Waals surface area contributed by atoms with Crippen molar-refractivity contribution in [3.8, 4) is 0 Å². The van der Waals surface area contributed by atoms with Crippen LogP contribution in [0.3, 0.4) is 0 Å². The smallest absolute Gasteiger partial charge is 0.191 e. The molecule has 0 amide bonds. The van der Waals surface area contributed by atoms with Gasteiger partial charge in [-0.15, -0.1) is 0 Å². The van der Waals surface area contributed by atoms with Crippen molar-refractivity contribution in [2.75, 3.05) is 5.73 Å². The number of nitrogens with two attached hydrogens (primary N) is 1. The van der Waals surface area contributed by atoms with E-state index in [0.29, 0.717) is 21.9 Å². The van der Waals surface area contributed by atoms with Crippen molar-refractivity contribution in [3.05, 3.63) is 40.8 Å². The summed E-state index contributed by atoms with van der Waals surface area (Å²) < 4.78 is 0. The Hall–Kier alpha value is -1.33. The molecule has 0 bridgehead atoms. The maximum absolute atomic E-state index is 5.80. The highest BCUT2D eigenvalue weighted by Crippen LogP contribution is 2.21. The van der Waals surface area contributed by atoms with Crippen LogP contribution < -0.4 is 5.73 Å². The van der Waals surface area contributed by atoms with Crippen LogP contribution in [-0.4, -0.2) is 15.0 Å². The maximum Gasteiger partial charge on any atom is 0.191 e. The average molecular weight is 267 g/mol. The zero-order valence-electron chi connectivity index (χ0n) is 9.22. The first kappa shape index (κ1) is 12.1. The van der Waals surface area contributed by atoms with Crippen LogP contribution in [-0.2, 0) is 5.75 Å². The molecule has 2 N–H and O–H groups in total. The molecule has 2 aromatic rings. The Morgan fingerprint density at radius 1 is 1.29 bits per heavy atom. The van der Waals surface area contributed by atoms with Crippen LogP contribution in [0.2, 0.25) is 5.15 Å². The minimum Gasteiger partial charge on any atom is -0.384 e. The van der Waals surface area contributed by atoms with E-state index in [1.54, 1.807) is 0 Å². The van der Waals surface area contributed by atoms with Gasteiger partial charge in [0.25, 0.3) is 0 Å². The Labute approximate surface area is 109 Å². The van der Waals surface area contributed by atoms with Crippen LogP contribution >= 0.6 is 23.4 Å². The van der Waals surface area contributed by atoms with Crippen molar-refractivity contribution in [2.45, 2.75) is 17.8 Å². The first-order chi connectivity index (χ1) is 8.13. The molecule has 0 spiro atoms. The van der Waals surface area contributed by atoms with E-state index >= 15 is 0 Å². The Morgan fingerprint density at radius 2 is 2.12 bits per heavy atom. The molecule has 0 saturated heterocycles. The van der Waals surface area contributed by atoms with Gasteiger partial charge in [-0.2, -0.15) is 0 Å². The van der Waals surface area contributed by atoms with Gasteiger partial charge in [-0.3, -0.25) is 4.98 Å². The first-order valence-electron chi connectivity index (χ1n) is 4.99. The van der Waals surface area contributed by atoms with Crippen molar-refractivity contribution < 1.29 is 0 Å². The van der Waals surface area contributed by atoms with Gasteiger partial charge in [0.1, 0.15) is 11.0 Å². The van der Waals surface area contributed by atoms with Gasteiger partial charge in [-0.05, 0) is 19.1 Å². The second-order valence-electron chi connectivity index (χ2n) is 3.46. The summed E-state index contributed by atoms with van der Waals surface area (Å²) in [6.07, 6.45) is 0. The van der Waals surface area contributed by atoms with E-state index in [-0.39, 0.29) is 0 Å². The fourth-order valence-electron chi connectivity index (χ4n) is 1.30. The number of aromatic nitrogens is 3. The van der Waals surface area contributed by atoms with E-state index in [2.05, 4.69) is 15.0 Å². The normalized spacial score (nSPS) is 10.5. The minimum atomic E-state index is 0.359. The Bertz CT molecular complexity index is 512. The molecule has 2 rings (SSSR count). The van der Waals surface area contributed by atoms with Gasteiger partial charge >= 0.3 is 0 Å². The Morgan fingerprint density at radius 3 is 2.82 bits per heavy atom. The fraction of sp³-hybridized carbons (Fsp3) is 0.182. The lowest BCUT2D eigenvalue weighted by Crippen LogP contribution is -1.96. The number of hydrogen-bond acceptors (Lipinski definition) is 5. The van der Waals surface area contributed by atoms with E-state index in [1.165, 1.54) is 17.8 Å². The molecule has 0 saturated carbocycles. The van der Waals surface area contributed by atoms with Gasteiger partial charge in [-0.1, -0.05) is 29.4 Å². The van der Waals surface area contributed by atoms with E-state index < -0.39 is 0 Å². The molecule has 0 aliphatic heterocycles. The third-order valence-electron chi connectivity index (χ3n) is 1.99. The van der Waals surface area contributed by atoms with Gasteiger partial charge in [0.15, 0.2) is 5.16 Å². The summed E-state index contributed by atoms with van der Waals surface area (Å²) in [5.41, 5.74) is 7.57. The number of hydrogen-bond donors (Lipinski definition) is 1. The largest absolute Gasteiger partial charge is 0.384 e. The summed E-state index contributed by atoms with van der Waals surface area (Å²) in [4.78, 5) is 12.6. The van der Waals surface area contributed by atoms with Crippen molar-refractivity contribution in [3.63, 3.8) is 0 Å². The molecule has 0 radical (unpaired) electrons. The van der Waals surface area contributed by atoms with Crippen molar-refractivity contribution >= 4 is 29.2 Å². The third kappa shape index (κ3) is 3.57. The SMILES string of the molecule is Cc1cccc(CSc2nc(N)cc(Cl)n2)n1. The maximum atomic E-state index is 5.80. The molecule has 0 aromatic carbocycles. The zero-order chi connectivity index (χ0) is 12.3. The third-order valence-corrected chi connectivity index (χ3v) is 3.06. The molecule has 88 valence electrons. The van der Waals surface area contributed by atoms with E-state index in [1.807, 2.05) is 25.1 Å². The second-order valence-corrected chi connectivity index (χ2v) is 4.79. The number of thioether (sulfide) groups is 1. The van der Waals surface area contributed by atoms with Crippen molar-refractivity contribution in [1.82, 2.24) is 15.0 Å². The average Bonchev–Trinajstić information content (AvgIpc) is 2.25. The van der Waals surface area contributed by atoms with Crippen molar-refractivity contribution in [2.24, 2.45) is 0 Å². The van der Waals surface area contributed by atoms with Crippen LogP contribution in [0.25, 0.3) is 0 Å². The summed E-state index contributed by atoms with van der Waals surface area (Å²) in [6, 6.07) is 7.43. The van der Waals surface area contributed by atoms with Crippen LogP contribution in [0.5, 0.6) is 0 Å². The molecule has 0 aliphatic rings. The van der Waals surface area contributed by atoms with Crippen LogP contribution in [0, 0.1) is 6.92 Å². The summed E-state index contributed by atoms with van der Waals surface area (Å²) >= 11 is 7.26. The molecule has 0 atom stereocenters. The van der Waals surface area contributed by atoms with Gasteiger partial charge in [0.05, 0.1) is 5.69 Å². The topological polar surface area (TPSA) is 64.7 Å². The standard InChI is InChI=1S/C11H11ClN4S/c1-7-3-2-4-8(14-7)6-17-11-15-9(12)5-10(13)16-11/h2-5H,6H2,1H3,(H2,13,15,16). The highest BCUT2D eigenvalue weighted by molar-refractivity contribution is 7.98. The lowest BCUT2D eigenvalue weighted by atomic mass is 10.3. The van der Waals surface area contributed by atoms with Gasteiger partial charge < -0.3 is 5.73 Å². The highest BCUT2D eigenvalue weighted by atomic mass is 35.5. The Balaban J connectivity index is 2.07. The quantitative estimate of drug-likeness (QED) is 0.526. The number of anilines is 1. The molecular formula is C11H11ClN4S. The van der Waals surface area contributed by atoms with Crippen molar-refractivity contribution in [1.29, 1.82) is 0 Å². The summed E-state index contributed by atoms with van der Waals surface area (Å²) in [7, 11) is 0. The molecular weight excluding hydrogens is 256 g/mol. The molecule has 4 nitrogen and oxygen atoms in total. The number of rotatable bonds is 3. The minimum absolute atomic E-state index is 0.359. The predicted molar refractivity (Wildman–Crippen MR) is 70.0 cm³/mol. The number of nitrogen functional groups attached to an aromatic ring is 1. The predicted octanol–water partition coefficient (Wildman–Crippen LogP) is 2.71. The lowest BCUT2D eigenvalue weighted by Gasteiger charge is -2.02. The summed E-state index contributed by atoms with van der Waals surface area (Å²) in [5.74, 6) is 1.08. The molecule has 2 aromatic heterocycles. The summed E-state index contributed by atoms with van der Waals surface area (Å²) in [5, 5.41) is 0.926. The fourth-order valence-corrected chi connectivity index (χ4v) is 2.31. The molecule has 17 heavy (non-hydrogen) atoms. The van der Waals surface area contributed by atoms with Gasteiger partial charge in [-0.25, -0.2) is 9.97 Å². The number of halogens is 1. The molecule has 2 heterocycles. The Kier molecular flexibility index (Phi) is 3.81. The first-order valence-corrected chi connectivity index (χ1v) is 6.35. The van der Waals surface area contributed by atoms with E-state index in [4.69, 9.17) is 17.3 Å².